The number of ether oxygens (including phenoxy) is 3. The van der Waals surface area contributed by atoms with Crippen LogP contribution in [0.4, 0.5) is 0 Å². The van der Waals surface area contributed by atoms with Crippen LogP contribution in [0.15, 0.2) is 12.4 Å². The van der Waals surface area contributed by atoms with E-state index in [4.69, 9.17) is 19.2 Å². The summed E-state index contributed by atoms with van der Waals surface area (Å²) in [5.41, 5.74) is 1.19. The number of fused-ring (bicyclic) bond motifs is 3. The van der Waals surface area contributed by atoms with Crippen LogP contribution in [-0.4, -0.2) is 44.8 Å². The van der Waals surface area contributed by atoms with Crippen molar-refractivity contribution in [3.05, 3.63) is 23.7 Å². The summed E-state index contributed by atoms with van der Waals surface area (Å²) in [4.78, 5) is 21.8. The normalized spacial score (nSPS) is 27.1. The first-order chi connectivity index (χ1) is 12.7. The number of hydrogen-bond donors (Lipinski definition) is 0. The Kier molecular flexibility index (Phi) is 4.18. The smallest absolute Gasteiger partial charge is 0.345 e. The molecule has 2 aromatic heterocycles. The highest BCUT2D eigenvalue weighted by atomic mass is 16.5. The minimum atomic E-state index is -0.443. The molecule has 1 saturated heterocycles. The number of hydrogen-bond acceptors (Lipinski definition) is 6. The van der Waals surface area contributed by atoms with E-state index in [1.54, 1.807) is 10.6 Å². The van der Waals surface area contributed by atoms with Crippen LogP contribution < -0.4 is 4.74 Å². The van der Waals surface area contributed by atoms with Crippen molar-refractivity contribution in [3.8, 4) is 5.88 Å². The molecule has 0 radical (unpaired) electrons. The minimum absolute atomic E-state index is 0.0403. The van der Waals surface area contributed by atoms with Crippen LogP contribution in [0, 0.1) is 0 Å². The van der Waals surface area contributed by atoms with Crippen LogP contribution in [0.1, 0.15) is 69.9 Å². The number of nitrogens with zero attached hydrogens (tertiary/aromatic N) is 3. The lowest BCUT2D eigenvalue weighted by Crippen LogP contribution is -2.26. The Labute approximate surface area is 159 Å². The van der Waals surface area contributed by atoms with E-state index in [2.05, 4.69) is 11.9 Å². The molecule has 1 aliphatic carbocycles. The van der Waals surface area contributed by atoms with E-state index in [-0.39, 0.29) is 29.1 Å². The lowest BCUT2D eigenvalue weighted by Gasteiger charge is -2.24. The van der Waals surface area contributed by atoms with Gasteiger partial charge in [0.2, 0.25) is 11.7 Å². The molecule has 1 saturated carbocycles. The summed E-state index contributed by atoms with van der Waals surface area (Å²) in [5, 5.41) is 0. The zero-order valence-electron chi connectivity index (χ0n) is 16.6. The predicted molar refractivity (Wildman–Crippen MR) is 99.2 cm³/mol. The largest absolute Gasteiger partial charge is 0.474 e. The van der Waals surface area contributed by atoms with E-state index < -0.39 is 5.97 Å². The predicted octanol–water partition coefficient (Wildman–Crippen LogP) is 3.29. The number of esters is 1. The van der Waals surface area contributed by atoms with Crippen molar-refractivity contribution < 1.29 is 19.0 Å². The van der Waals surface area contributed by atoms with E-state index in [0.29, 0.717) is 17.9 Å². The molecule has 2 aliphatic rings. The van der Waals surface area contributed by atoms with Crippen LogP contribution in [0.25, 0.3) is 5.78 Å². The highest BCUT2D eigenvalue weighted by molar-refractivity contribution is 5.92. The van der Waals surface area contributed by atoms with Crippen LogP contribution in [-0.2, 0) is 14.9 Å². The topological polar surface area (TPSA) is 75.0 Å². The molecule has 146 valence electrons. The molecule has 7 heteroatoms. The van der Waals surface area contributed by atoms with E-state index in [1.807, 2.05) is 33.9 Å². The van der Waals surface area contributed by atoms with Gasteiger partial charge in [0.05, 0.1) is 30.1 Å². The number of rotatable bonds is 5. The summed E-state index contributed by atoms with van der Waals surface area (Å²) in [7, 11) is 0. The summed E-state index contributed by atoms with van der Waals surface area (Å²) >= 11 is 0. The summed E-state index contributed by atoms with van der Waals surface area (Å²) < 4.78 is 18.9. The number of imidazole rings is 1. The zero-order chi connectivity index (χ0) is 19.4. The molecule has 27 heavy (non-hydrogen) atoms. The van der Waals surface area contributed by atoms with Gasteiger partial charge in [0.1, 0.15) is 5.56 Å². The van der Waals surface area contributed by atoms with Crippen molar-refractivity contribution in [2.24, 2.45) is 0 Å². The molecule has 2 atom stereocenters. The molecule has 0 N–H and O–H groups in total. The molecule has 2 bridgehead atoms. The molecular weight excluding hydrogens is 346 g/mol. The van der Waals surface area contributed by atoms with Gasteiger partial charge in [0, 0.05) is 17.8 Å². The second-order valence-electron chi connectivity index (χ2n) is 8.61. The minimum Gasteiger partial charge on any atom is -0.474 e. The summed E-state index contributed by atoms with van der Waals surface area (Å²) in [6.45, 7) is 10.3. The molecule has 1 aliphatic heterocycles. The van der Waals surface area contributed by atoms with Gasteiger partial charge >= 0.3 is 5.97 Å². The number of aromatic nitrogens is 3. The van der Waals surface area contributed by atoms with Gasteiger partial charge in [-0.1, -0.05) is 0 Å². The molecule has 4 rings (SSSR count). The Morgan fingerprint density at radius 2 is 1.96 bits per heavy atom. The van der Waals surface area contributed by atoms with Crippen molar-refractivity contribution in [1.82, 2.24) is 14.4 Å². The highest BCUT2D eigenvalue weighted by Gasteiger charge is 2.55. The van der Waals surface area contributed by atoms with Gasteiger partial charge in [-0.3, -0.25) is 4.40 Å². The average molecular weight is 373 g/mol. The first-order valence-electron chi connectivity index (χ1n) is 9.62. The first-order valence-corrected chi connectivity index (χ1v) is 9.62. The van der Waals surface area contributed by atoms with Crippen molar-refractivity contribution in [2.75, 3.05) is 6.61 Å². The van der Waals surface area contributed by atoms with Gasteiger partial charge in [-0.25, -0.2) is 9.78 Å². The van der Waals surface area contributed by atoms with Crippen LogP contribution in [0.2, 0.25) is 0 Å². The summed E-state index contributed by atoms with van der Waals surface area (Å²) in [5.74, 6) is 0.342. The Morgan fingerprint density at radius 3 is 2.52 bits per heavy atom. The molecule has 2 aromatic rings. The summed E-state index contributed by atoms with van der Waals surface area (Å²) in [6.07, 6.45) is 6.42. The Balaban J connectivity index is 1.76. The fourth-order valence-corrected chi connectivity index (χ4v) is 4.14. The van der Waals surface area contributed by atoms with Gasteiger partial charge in [-0.15, -0.1) is 0 Å². The van der Waals surface area contributed by atoms with Crippen molar-refractivity contribution in [3.63, 3.8) is 0 Å². The zero-order valence-corrected chi connectivity index (χ0v) is 16.6. The van der Waals surface area contributed by atoms with E-state index >= 15 is 0 Å². The molecular formula is C20H27N3O4. The molecule has 0 spiro atoms. The second kappa shape index (κ2) is 6.19. The van der Waals surface area contributed by atoms with Crippen LogP contribution in [0.5, 0.6) is 5.88 Å². The standard InChI is InChI=1S/C20H27N3O4/c1-12(2)26-16-14(17(24)27-13(3)4)8-23-9-15(21-18(23)22-16)20-7-6-19(5,10-20)25-11-20/h8-9,12-13H,6-7,10-11H2,1-5H3. The Hall–Kier alpha value is -2.15. The fraction of sp³-hybridized carbons (Fsp3) is 0.650. The lowest BCUT2D eigenvalue weighted by atomic mass is 9.84. The fourth-order valence-electron chi connectivity index (χ4n) is 4.14. The third-order valence-electron chi connectivity index (χ3n) is 5.41. The monoisotopic (exact) mass is 373 g/mol. The number of carbonyl (C=O) groups excluding carboxylic acids is 1. The third-order valence-corrected chi connectivity index (χ3v) is 5.41. The molecule has 7 nitrogen and oxygen atoms in total. The van der Waals surface area contributed by atoms with Crippen molar-refractivity contribution in [1.29, 1.82) is 0 Å². The van der Waals surface area contributed by atoms with E-state index in [0.717, 1.165) is 25.0 Å². The van der Waals surface area contributed by atoms with Gasteiger partial charge in [0.25, 0.3) is 0 Å². The highest BCUT2D eigenvalue weighted by Crippen LogP contribution is 2.53. The molecule has 0 amide bonds. The maximum absolute atomic E-state index is 12.5. The molecule has 0 aromatic carbocycles. The van der Waals surface area contributed by atoms with Crippen molar-refractivity contribution >= 4 is 11.7 Å². The van der Waals surface area contributed by atoms with Gasteiger partial charge in [-0.2, -0.15) is 4.98 Å². The van der Waals surface area contributed by atoms with Crippen LogP contribution >= 0.6 is 0 Å². The third kappa shape index (κ3) is 3.18. The quantitative estimate of drug-likeness (QED) is 0.749. The molecule has 2 unspecified atom stereocenters. The summed E-state index contributed by atoms with van der Waals surface area (Å²) in [6, 6.07) is 0. The van der Waals surface area contributed by atoms with E-state index in [9.17, 15) is 4.79 Å². The molecule has 3 heterocycles. The first kappa shape index (κ1) is 18.2. The Bertz CT molecular complexity index is 879. The second-order valence-corrected chi connectivity index (χ2v) is 8.61. The van der Waals surface area contributed by atoms with Gasteiger partial charge in [0.15, 0.2) is 0 Å². The molecule has 2 fully saturated rings. The SMILES string of the molecule is CC(C)OC(=O)c1cn2cc(C34CCC(C)(C3)OC4)nc2nc1OC(C)C. The van der Waals surface area contributed by atoms with Crippen LogP contribution in [0.3, 0.4) is 0 Å². The van der Waals surface area contributed by atoms with Crippen molar-refractivity contribution in [2.45, 2.75) is 77.1 Å². The maximum atomic E-state index is 12.5. The van der Waals surface area contributed by atoms with E-state index in [1.165, 1.54) is 0 Å². The maximum Gasteiger partial charge on any atom is 0.345 e. The lowest BCUT2D eigenvalue weighted by molar-refractivity contribution is -0.00627. The number of carbonyl (C=O) groups is 1. The van der Waals surface area contributed by atoms with Gasteiger partial charge < -0.3 is 14.2 Å². The Morgan fingerprint density at radius 1 is 1.19 bits per heavy atom. The average Bonchev–Trinajstić information content (AvgIpc) is 3.23. The van der Waals surface area contributed by atoms with Gasteiger partial charge in [-0.05, 0) is 53.9 Å².